The predicted octanol–water partition coefficient (Wildman–Crippen LogP) is 3.31. The summed E-state index contributed by atoms with van der Waals surface area (Å²) in [5.41, 5.74) is 6.60. The highest BCUT2D eigenvalue weighted by molar-refractivity contribution is 5.99. The summed E-state index contributed by atoms with van der Waals surface area (Å²) in [6.07, 6.45) is 3.47. The molecule has 0 aliphatic rings. The lowest BCUT2D eigenvalue weighted by Crippen LogP contribution is -2.24. The van der Waals surface area contributed by atoms with E-state index in [9.17, 15) is 4.79 Å². The number of aromatic amines is 1. The van der Waals surface area contributed by atoms with Gasteiger partial charge in [0, 0.05) is 22.7 Å². The van der Waals surface area contributed by atoms with Crippen molar-refractivity contribution < 1.29 is 9.53 Å². The SMILES string of the molecule is Cc1cccc(OCC(=O)N/N=C/c2c[nH]c3ccccc23)c1C. The number of ether oxygens (including phenoxy) is 1. The first-order valence-corrected chi connectivity index (χ1v) is 7.72. The molecule has 1 amide bonds. The van der Waals surface area contributed by atoms with Gasteiger partial charge in [0.15, 0.2) is 6.61 Å². The Morgan fingerprint density at radius 1 is 1.21 bits per heavy atom. The maximum atomic E-state index is 11.8. The molecule has 122 valence electrons. The van der Waals surface area contributed by atoms with E-state index in [0.717, 1.165) is 27.6 Å². The van der Waals surface area contributed by atoms with Crippen LogP contribution in [0, 0.1) is 13.8 Å². The quantitative estimate of drug-likeness (QED) is 0.559. The van der Waals surface area contributed by atoms with Crippen LogP contribution in [0.5, 0.6) is 5.75 Å². The summed E-state index contributed by atoms with van der Waals surface area (Å²) in [6, 6.07) is 13.7. The van der Waals surface area contributed by atoms with Crippen LogP contribution in [0.25, 0.3) is 10.9 Å². The first kappa shape index (κ1) is 15.8. The van der Waals surface area contributed by atoms with Crippen LogP contribution in [0.2, 0.25) is 0 Å². The summed E-state index contributed by atoms with van der Waals surface area (Å²) >= 11 is 0. The zero-order valence-corrected chi connectivity index (χ0v) is 13.7. The third-order valence-corrected chi connectivity index (χ3v) is 3.93. The molecule has 0 fully saturated rings. The molecule has 0 aliphatic carbocycles. The van der Waals surface area contributed by atoms with E-state index in [1.165, 1.54) is 0 Å². The van der Waals surface area contributed by atoms with E-state index in [-0.39, 0.29) is 12.5 Å². The van der Waals surface area contributed by atoms with Gasteiger partial charge in [0.25, 0.3) is 5.91 Å². The number of H-pyrrole nitrogens is 1. The summed E-state index contributed by atoms with van der Waals surface area (Å²) in [6.45, 7) is 3.90. The normalized spacial score (nSPS) is 11.1. The number of nitrogens with one attached hydrogen (secondary N) is 2. The molecule has 0 aliphatic heterocycles. The summed E-state index contributed by atoms with van der Waals surface area (Å²) in [7, 11) is 0. The van der Waals surface area contributed by atoms with Crippen LogP contribution in [-0.2, 0) is 4.79 Å². The average molecular weight is 321 g/mol. The van der Waals surface area contributed by atoms with Gasteiger partial charge in [-0.15, -0.1) is 0 Å². The van der Waals surface area contributed by atoms with Gasteiger partial charge in [0.2, 0.25) is 0 Å². The Hall–Kier alpha value is -3.08. The van der Waals surface area contributed by atoms with E-state index in [1.54, 1.807) is 6.21 Å². The minimum Gasteiger partial charge on any atom is -0.483 e. The number of rotatable bonds is 5. The fraction of sp³-hybridized carbons (Fsp3) is 0.158. The van der Waals surface area contributed by atoms with E-state index in [2.05, 4.69) is 15.5 Å². The number of para-hydroxylation sites is 1. The minimum atomic E-state index is -0.299. The largest absolute Gasteiger partial charge is 0.483 e. The van der Waals surface area contributed by atoms with Crippen LogP contribution in [-0.4, -0.2) is 23.7 Å². The Morgan fingerprint density at radius 2 is 2.04 bits per heavy atom. The summed E-state index contributed by atoms with van der Waals surface area (Å²) < 4.78 is 5.55. The number of aromatic nitrogens is 1. The third-order valence-electron chi connectivity index (χ3n) is 3.93. The van der Waals surface area contributed by atoms with Crippen molar-refractivity contribution >= 4 is 23.0 Å². The summed E-state index contributed by atoms with van der Waals surface area (Å²) in [5.74, 6) is 0.415. The number of hydrogen-bond acceptors (Lipinski definition) is 3. The Kier molecular flexibility index (Phi) is 4.61. The number of hydrazone groups is 1. The molecule has 0 saturated carbocycles. The molecular formula is C19H19N3O2. The highest BCUT2D eigenvalue weighted by Crippen LogP contribution is 2.20. The monoisotopic (exact) mass is 321 g/mol. The fourth-order valence-corrected chi connectivity index (χ4v) is 2.43. The van der Waals surface area contributed by atoms with Crippen molar-refractivity contribution in [3.05, 3.63) is 65.4 Å². The number of hydrogen-bond donors (Lipinski definition) is 2. The Bertz CT molecular complexity index is 897. The minimum absolute atomic E-state index is 0.0739. The van der Waals surface area contributed by atoms with Gasteiger partial charge in [-0.3, -0.25) is 4.79 Å². The van der Waals surface area contributed by atoms with Gasteiger partial charge < -0.3 is 9.72 Å². The predicted molar refractivity (Wildman–Crippen MR) is 95.4 cm³/mol. The topological polar surface area (TPSA) is 66.5 Å². The first-order chi connectivity index (χ1) is 11.6. The number of fused-ring (bicyclic) bond motifs is 1. The number of nitrogens with zero attached hydrogens (tertiary/aromatic N) is 1. The van der Waals surface area contributed by atoms with Crippen molar-refractivity contribution in [3.63, 3.8) is 0 Å². The maximum absolute atomic E-state index is 11.8. The summed E-state index contributed by atoms with van der Waals surface area (Å²) in [5, 5.41) is 5.05. The average Bonchev–Trinajstić information content (AvgIpc) is 3.00. The molecule has 3 rings (SSSR count). The van der Waals surface area contributed by atoms with Crippen LogP contribution in [0.15, 0.2) is 53.8 Å². The second-order valence-electron chi connectivity index (χ2n) is 5.57. The van der Waals surface area contributed by atoms with Crippen molar-refractivity contribution in [1.82, 2.24) is 10.4 Å². The smallest absolute Gasteiger partial charge is 0.277 e. The van der Waals surface area contributed by atoms with E-state index < -0.39 is 0 Å². The second kappa shape index (κ2) is 7.00. The molecule has 3 aromatic rings. The molecular weight excluding hydrogens is 302 g/mol. The Balaban J connectivity index is 1.56. The van der Waals surface area contributed by atoms with E-state index in [0.29, 0.717) is 5.75 Å². The molecule has 0 unspecified atom stereocenters. The molecule has 5 heteroatoms. The van der Waals surface area contributed by atoms with Crippen LogP contribution in [0.3, 0.4) is 0 Å². The molecule has 24 heavy (non-hydrogen) atoms. The van der Waals surface area contributed by atoms with Gasteiger partial charge in [-0.25, -0.2) is 5.43 Å². The van der Waals surface area contributed by atoms with Crippen molar-refractivity contribution in [1.29, 1.82) is 0 Å². The van der Waals surface area contributed by atoms with Gasteiger partial charge in [0.1, 0.15) is 5.75 Å². The molecule has 0 atom stereocenters. The van der Waals surface area contributed by atoms with E-state index in [4.69, 9.17) is 4.74 Å². The number of amides is 1. The number of carbonyl (C=O) groups is 1. The zero-order valence-electron chi connectivity index (χ0n) is 13.7. The van der Waals surface area contributed by atoms with Gasteiger partial charge in [-0.05, 0) is 37.1 Å². The molecule has 5 nitrogen and oxygen atoms in total. The first-order valence-electron chi connectivity index (χ1n) is 7.72. The van der Waals surface area contributed by atoms with Crippen LogP contribution >= 0.6 is 0 Å². The summed E-state index contributed by atoms with van der Waals surface area (Å²) in [4.78, 5) is 15.0. The van der Waals surface area contributed by atoms with Crippen molar-refractivity contribution in [2.75, 3.05) is 6.61 Å². The van der Waals surface area contributed by atoms with Crippen molar-refractivity contribution in [2.45, 2.75) is 13.8 Å². The second-order valence-corrected chi connectivity index (χ2v) is 5.57. The van der Waals surface area contributed by atoms with Crippen LogP contribution < -0.4 is 10.2 Å². The molecule has 0 bridgehead atoms. The Morgan fingerprint density at radius 3 is 2.92 bits per heavy atom. The standard InChI is InChI=1S/C19H19N3O2/c1-13-6-5-9-18(14(13)2)24-12-19(23)22-21-11-15-10-20-17-8-4-3-7-16(15)17/h3-11,20H,12H2,1-2H3,(H,22,23)/b21-11+. The number of aryl methyl sites for hydroxylation is 1. The lowest BCUT2D eigenvalue weighted by atomic mass is 10.1. The van der Waals surface area contributed by atoms with Gasteiger partial charge >= 0.3 is 0 Å². The molecule has 1 aromatic heterocycles. The Labute approximate surface area is 140 Å². The molecule has 2 N–H and O–H groups in total. The molecule has 0 radical (unpaired) electrons. The maximum Gasteiger partial charge on any atom is 0.277 e. The lowest BCUT2D eigenvalue weighted by Gasteiger charge is -2.09. The van der Waals surface area contributed by atoms with Gasteiger partial charge in [0.05, 0.1) is 6.21 Å². The molecule has 1 heterocycles. The van der Waals surface area contributed by atoms with Crippen LogP contribution in [0.1, 0.15) is 16.7 Å². The highest BCUT2D eigenvalue weighted by Gasteiger charge is 2.05. The number of carbonyl (C=O) groups excluding carboxylic acids is 1. The number of benzene rings is 2. The fourth-order valence-electron chi connectivity index (χ4n) is 2.43. The van der Waals surface area contributed by atoms with E-state index >= 15 is 0 Å². The van der Waals surface area contributed by atoms with Crippen molar-refractivity contribution in [2.24, 2.45) is 5.10 Å². The molecule has 2 aromatic carbocycles. The highest BCUT2D eigenvalue weighted by atomic mass is 16.5. The van der Waals surface area contributed by atoms with Gasteiger partial charge in [-0.1, -0.05) is 30.3 Å². The molecule has 0 spiro atoms. The lowest BCUT2D eigenvalue weighted by molar-refractivity contribution is -0.123. The third kappa shape index (κ3) is 3.46. The van der Waals surface area contributed by atoms with E-state index in [1.807, 2.05) is 62.5 Å². The zero-order chi connectivity index (χ0) is 16.9. The van der Waals surface area contributed by atoms with Crippen LogP contribution in [0.4, 0.5) is 0 Å². The van der Waals surface area contributed by atoms with Crippen molar-refractivity contribution in [3.8, 4) is 5.75 Å². The molecule has 0 saturated heterocycles. The van der Waals surface area contributed by atoms with Gasteiger partial charge in [-0.2, -0.15) is 5.10 Å².